The maximum Gasteiger partial charge on any atom is 0.498 e. The fraction of sp³-hybridized carbons (Fsp3) is 1.00. The lowest BCUT2D eigenvalue weighted by Crippen LogP contribution is -2.44. The molecule has 0 radical (unpaired) electrons. The standard InChI is InChI=1S/C7H12Cl2F3N2O3PS/c8-18(9,15)14-3-1-6(2-4-14)13-5-19(16,17)7(10,11)12/h6,13H,1-5H2. The molecular formula is C7H12Cl2F3N2O3PS. The first kappa shape index (κ1) is 17.5. The minimum Gasteiger partial charge on any atom is -0.301 e. The number of nitrogens with one attached hydrogen (secondary N) is 1. The molecule has 12 heteroatoms. The molecule has 1 heterocycles. The molecule has 1 saturated heterocycles. The highest BCUT2D eigenvalue weighted by molar-refractivity contribution is 8.06. The summed E-state index contributed by atoms with van der Waals surface area (Å²) >= 11 is 10.9. The lowest BCUT2D eigenvalue weighted by molar-refractivity contribution is -0.0437. The summed E-state index contributed by atoms with van der Waals surface area (Å²) in [6, 6.07) is -0.409. The van der Waals surface area contributed by atoms with Gasteiger partial charge in [-0.2, -0.15) is 13.2 Å². The van der Waals surface area contributed by atoms with Crippen molar-refractivity contribution in [2.75, 3.05) is 19.0 Å². The lowest BCUT2D eigenvalue weighted by Gasteiger charge is -2.32. The smallest absolute Gasteiger partial charge is 0.301 e. The van der Waals surface area contributed by atoms with Crippen LogP contribution in [-0.4, -0.2) is 43.6 Å². The Balaban J connectivity index is 2.45. The molecule has 0 aromatic heterocycles. The third-order valence-electron chi connectivity index (χ3n) is 2.72. The van der Waals surface area contributed by atoms with E-state index in [0.717, 1.165) is 0 Å². The molecule has 19 heavy (non-hydrogen) atoms. The van der Waals surface area contributed by atoms with Crippen LogP contribution in [-0.2, 0) is 14.4 Å². The zero-order valence-corrected chi connectivity index (χ0v) is 12.8. The Morgan fingerprint density at radius 2 is 1.74 bits per heavy atom. The van der Waals surface area contributed by atoms with Gasteiger partial charge in [-0.25, -0.2) is 13.1 Å². The van der Waals surface area contributed by atoms with Crippen LogP contribution in [0.3, 0.4) is 0 Å². The van der Waals surface area contributed by atoms with Crippen LogP contribution in [0.4, 0.5) is 13.2 Å². The van der Waals surface area contributed by atoms with E-state index in [1.165, 1.54) is 4.67 Å². The predicted molar refractivity (Wildman–Crippen MR) is 66.9 cm³/mol. The van der Waals surface area contributed by atoms with Gasteiger partial charge in [0.1, 0.15) is 5.88 Å². The van der Waals surface area contributed by atoms with Gasteiger partial charge in [0.15, 0.2) is 0 Å². The van der Waals surface area contributed by atoms with Crippen LogP contribution in [0.15, 0.2) is 0 Å². The van der Waals surface area contributed by atoms with Crippen LogP contribution in [0.1, 0.15) is 12.8 Å². The van der Waals surface area contributed by atoms with E-state index in [2.05, 4.69) is 5.32 Å². The van der Waals surface area contributed by atoms with E-state index >= 15 is 0 Å². The number of alkyl halides is 3. The summed E-state index contributed by atoms with van der Waals surface area (Å²) in [5.41, 5.74) is -5.26. The normalized spacial score (nSPS) is 20.7. The van der Waals surface area contributed by atoms with E-state index in [4.69, 9.17) is 22.5 Å². The highest BCUT2D eigenvalue weighted by atomic mass is 35.9. The van der Waals surface area contributed by atoms with E-state index in [1.807, 2.05) is 0 Å². The van der Waals surface area contributed by atoms with Crippen molar-refractivity contribution in [3.05, 3.63) is 0 Å². The van der Waals surface area contributed by atoms with Gasteiger partial charge < -0.3 is 5.32 Å². The third kappa shape index (κ3) is 5.06. The van der Waals surface area contributed by atoms with Crippen molar-refractivity contribution < 1.29 is 26.2 Å². The molecule has 1 aliphatic rings. The monoisotopic (exact) mass is 362 g/mol. The molecule has 0 saturated carbocycles. The van der Waals surface area contributed by atoms with Crippen molar-refractivity contribution in [1.29, 1.82) is 0 Å². The summed E-state index contributed by atoms with van der Waals surface area (Å²) in [6.45, 7) is 0.460. The Morgan fingerprint density at radius 3 is 2.11 bits per heavy atom. The van der Waals surface area contributed by atoms with Crippen molar-refractivity contribution in [1.82, 2.24) is 9.99 Å². The van der Waals surface area contributed by atoms with Gasteiger partial charge in [0.05, 0.1) is 0 Å². The van der Waals surface area contributed by atoms with E-state index < -0.39 is 33.3 Å². The Morgan fingerprint density at radius 1 is 1.26 bits per heavy atom. The maximum atomic E-state index is 12.1. The maximum absolute atomic E-state index is 12.1. The topological polar surface area (TPSA) is 66.5 Å². The molecule has 0 aliphatic carbocycles. The summed E-state index contributed by atoms with van der Waals surface area (Å²) in [6.07, 6.45) is 0.633. The fourth-order valence-electron chi connectivity index (χ4n) is 1.61. The molecule has 0 spiro atoms. The van der Waals surface area contributed by atoms with Crippen LogP contribution in [0.2, 0.25) is 0 Å². The predicted octanol–water partition coefficient (Wildman–Crippen LogP) is 2.52. The summed E-state index contributed by atoms with van der Waals surface area (Å²) in [5, 5.41) is 2.33. The van der Waals surface area contributed by atoms with Gasteiger partial charge in [-0.15, -0.1) is 0 Å². The molecule has 0 bridgehead atoms. The highest BCUT2D eigenvalue weighted by Crippen LogP contribution is 2.60. The quantitative estimate of drug-likeness (QED) is 0.778. The number of hydrogen-bond acceptors (Lipinski definition) is 4. The first-order chi connectivity index (χ1) is 8.43. The van der Waals surface area contributed by atoms with Crippen LogP contribution in [0, 0.1) is 0 Å². The van der Waals surface area contributed by atoms with Gasteiger partial charge in [0.25, 0.3) is 9.84 Å². The number of nitrogens with zero attached hydrogens (tertiary/aromatic N) is 1. The van der Waals surface area contributed by atoms with Crippen molar-refractivity contribution in [3.8, 4) is 0 Å². The Bertz CT molecular complexity index is 459. The summed E-state index contributed by atoms with van der Waals surface area (Å²) in [4.78, 5) is 0. The molecule has 0 aromatic carbocycles. The number of rotatable bonds is 4. The molecule has 1 N–H and O–H groups in total. The molecule has 5 nitrogen and oxygen atoms in total. The van der Waals surface area contributed by atoms with Gasteiger partial charge >= 0.3 is 11.5 Å². The van der Waals surface area contributed by atoms with Crippen molar-refractivity contribution in [2.24, 2.45) is 0 Å². The van der Waals surface area contributed by atoms with E-state index in [0.29, 0.717) is 12.8 Å². The van der Waals surface area contributed by atoms with Gasteiger partial charge in [-0.05, 0) is 35.3 Å². The Hall–Kier alpha value is 0.470. The van der Waals surface area contributed by atoms with E-state index in [9.17, 15) is 26.2 Å². The molecule has 0 aromatic rings. The van der Waals surface area contributed by atoms with Crippen LogP contribution >= 0.6 is 28.5 Å². The van der Waals surface area contributed by atoms with Gasteiger partial charge in [0, 0.05) is 19.1 Å². The second kappa shape index (κ2) is 6.07. The van der Waals surface area contributed by atoms with Crippen LogP contribution in [0.25, 0.3) is 0 Å². The minimum atomic E-state index is -5.26. The highest BCUT2D eigenvalue weighted by Gasteiger charge is 2.45. The first-order valence-electron chi connectivity index (χ1n) is 5.20. The first-order valence-corrected chi connectivity index (χ1v) is 10.3. The van der Waals surface area contributed by atoms with E-state index in [-0.39, 0.29) is 13.1 Å². The van der Waals surface area contributed by atoms with Crippen LogP contribution in [0.5, 0.6) is 0 Å². The molecular weight excluding hydrogens is 351 g/mol. The molecule has 114 valence electrons. The lowest BCUT2D eigenvalue weighted by atomic mass is 10.1. The average Bonchev–Trinajstić information content (AvgIpc) is 2.24. The third-order valence-corrected chi connectivity index (χ3v) is 6.31. The molecule has 0 atom stereocenters. The number of piperidine rings is 1. The molecule has 1 fully saturated rings. The average molecular weight is 363 g/mol. The van der Waals surface area contributed by atoms with Crippen molar-refractivity contribution >= 4 is 38.3 Å². The van der Waals surface area contributed by atoms with Gasteiger partial charge in [-0.1, -0.05) is 0 Å². The Kier molecular flexibility index (Phi) is 5.60. The van der Waals surface area contributed by atoms with Crippen LogP contribution < -0.4 is 5.32 Å². The number of halogens is 5. The fourth-order valence-corrected chi connectivity index (χ4v) is 3.83. The minimum absolute atomic E-state index is 0.230. The zero-order chi connectivity index (χ0) is 14.9. The van der Waals surface area contributed by atoms with Crippen molar-refractivity contribution in [2.45, 2.75) is 24.4 Å². The second-order valence-corrected chi connectivity index (χ2v) is 10.8. The van der Waals surface area contributed by atoms with Gasteiger partial charge in [0.2, 0.25) is 0 Å². The molecule has 0 unspecified atom stereocenters. The van der Waals surface area contributed by atoms with Gasteiger partial charge in [-0.3, -0.25) is 4.57 Å². The Labute approximate surface area is 118 Å². The second-order valence-electron chi connectivity index (χ2n) is 4.07. The summed E-state index contributed by atoms with van der Waals surface area (Å²) in [7, 11) is -5.17. The number of sulfone groups is 1. The molecule has 1 rings (SSSR count). The number of hydrogen-bond donors (Lipinski definition) is 1. The van der Waals surface area contributed by atoms with E-state index in [1.54, 1.807) is 0 Å². The largest absolute Gasteiger partial charge is 0.498 e. The molecule has 0 amide bonds. The summed E-state index contributed by atoms with van der Waals surface area (Å²) < 4.78 is 70.6. The summed E-state index contributed by atoms with van der Waals surface area (Å²) in [5.74, 6) is -4.56. The van der Waals surface area contributed by atoms with Crippen molar-refractivity contribution in [3.63, 3.8) is 0 Å². The molecule has 1 aliphatic heterocycles. The zero-order valence-electron chi connectivity index (χ0n) is 9.53. The SMILES string of the molecule is O=P(Cl)(Cl)N1CCC(NCS(=O)(=O)C(F)(F)F)CC1.